The summed E-state index contributed by atoms with van der Waals surface area (Å²) in [6, 6.07) is 0. The summed E-state index contributed by atoms with van der Waals surface area (Å²) in [5, 5.41) is 0. The van der Waals surface area contributed by atoms with Gasteiger partial charge in [-0.2, -0.15) is 12.6 Å². The van der Waals surface area contributed by atoms with Crippen LogP contribution in [-0.2, 0) is 0 Å². The van der Waals surface area contributed by atoms with Crippen LogP contribution in [0.3, 0.4) is 0 Å². The molecule has 0 radical (unpaired) electrons. The van der Waals surface area contributed by atoms with Crippen LogP contribution in [0.15, 0.2) is 60.3 Å². The van der Waals surface area contributed by atoms with Crippen molar-refractivity contribution < 1.29 is 0 Å². The van der Waals surface area contributed by atoms with E-state index in [-0.39, 0.29) is 4.75 Å². The van der Waals surface area contributed by atoms with Gasteiger partial charge in [0.15, 0.2) is 0 Å². The van der Waals surface area contributed by atoms with E-state index in [9.17, 15) is 0 Å². The first-order valence-electron chi connectivity index (χ1n) is 11.0. The normalized spacial score (nSPS) is 12.8. The number of thiol groups is 1. The first-order valence-corrected chi connectivity index (χ1v) is 11.5. The van der Waals surface area contributed by atoms with E-state index >= 15 is 0 Å². The van der Waals surface area contributed by atoms with E-state index in [4.69, 9.17) is 0 Å². The number of allylic oxidation sites excluding steroid dienone is 7. The maximum absolute atomic E-state index is 4.69. The van der Waals surface area contributed by atoms with Gasteiger partial charge in [0.05, 0.1) is 0 Å². The number of hydrogen-bond acceptors (Lipinski definition) is 1. The second-order valence-electron chi connectivity index (χ2n) is 6.18. The smallest absolute Gasteiger partial charge is 0.0110 e. The third-order valence-electron chi connectivity index (χ3n) is 3.93. The Hall–Kier alpha value is -0.950. The summed E-state index contributed by atoms with van der Waals surface area (Å²) in [7, 11) is 0. The Bertz CT molecular complexity index is 428. The second-order valence-corrected chi connectivity index (χ2v) is 7.39. The second kappa shape index (κ2) is 26.1. The van der Waals surface area contributed by atoms with Crippen LogP contribution in [0.5, 0.6) is 0 Å². The zero-order valence-corrected chi connectivity index (χ0v) is 22.7. The largest absolute Gasteiger partial charge is 0.173 e. The molecule has 0 aromatic rings. The van der Waals surface area contributed by atoms with Crippen molar-refractivity contribution in [3.05, 3.63) is 60.3 Å². The highest BCUT2D eigenvalue weighted by Gasteiger charge is 2.19. The van der Waals surface area contributed by atoms with Crippen LogP contribution in [0.1, 0.15) is 103 Å². The van der Waals surface area contributed by atoms with E-state index in [0.29, 0.717) is 5.92 Å². The molecule has 0 spiro atoms. The quantitative estimate of drug-likeness (QED) is 0.241. The summed E-state index contributed by atoms with van der Waals surface area (Å²) in [4.78, 5) is 0. The lowest BCUT2D eigenvalue weighted by Gasteiger charge is -2.25. The van der Waals surface area contributed by atoms with Gasteiger partial charge in [-0.25, -0.2) is 0 Å². The van der Waals surface area contributed by atoms with Crippen molar-refractivity contribution in [2.75, 3.05) is 0 Å². The molecule has 0 fully saturated rings. The van der Waals surface area contributed by atoms with Gasteiger partial charge in [0.1, 0.15) is 0 Å². The van der Waals surface area contributed by atoms with Crippen molar-refractivity contribution in [3.63, 3.8) is 0 Å². The summed E-state index contributed by atoms with van der Waals surface area (Å²) in [6.45, 7) is 37.3. The van der Waals surface area contributed by atoms with E-state index < -0.39 is 0 Å². The summed E-state index contributed by atoms with van der Waals surface area (Å²) in [5.74, 6) is 0.426. The Morgan fingerprint density at radius 3 is 1.64 bits per heavy atom. The first kappa shape index (κ1) is 37.8. The average molecular weight is 411 g/mol. The fourth-order valence-corrected chi connectivity index (χ4v) is 2.71. The molecule has 1 atom stereocenters. The molecule has 0 amide bonds. The van der Waals surface area contributed by atoms with Gasteiger partial charge in [0.2, 0.25) is 0 Å². The maximum atomic E-state index is 4.69. The van der Waals surface area contributed by atoms with Crippen LogP contribution in [0, 0.1) is 5.92 Å². The SMILES string of the molecule is C=C.C=C/C=C(\C(C)=C/C)C(C)/C(C)=C(/CC)CC(C)(C)S.CC.CC.CC. The molecule has 0 nitrogen and oxygen atoms in total. The molecule has 0 aliphatic rings. The third kappa shape index (κ3) is 19.8. The minimum absolute atomic E-state index is 0.0459. The molecule has 0 N–H and O–H groups in total. The van der Waals surface area contributed by atoms with Crippen molar-refractivity contribution in [2.45, 2.75) is 108 Å². The fourth-order valence-electron chi connectivity index (χ4n) is 2.52. The summed E-state index contributed by atoms with van der Waals surface area (Å²) in [5.41, 5.74) is 5.69. The molecule has 0 rings (SSSR count). The van der Waals surface area contributed by atoms with Gasteiger partial charge in [0, 0.05) is 10.7 Å². The molecule has 0 bridgehead atoms. The van der Waals surface area contributed by atoms with Crippen LogP contribution in [0.2, 0.25) is 0 Å². The predicted molar refractivity (Wildman–Crippen MR) is 143 cm³/mol. The summed E-state index contributed by atoms with van der Waals surface area (Å²) < 4.78 is 0.0459. The Balaban J connectivity index is -0.000000194. The molecule has 0 aromatic heterocycles. The highest BCUT2D eigenvalue weighted by atomic mass is 32.1. The Morgan fingerprint density at radius 2 is 1.39 bits per heavy atom. The van der Waals surface area contributed by atoms with Crippen LogP contribution in [-0.4, -0.2) is 4.75 Å². The average Bonchev–Trinajstić information content (AvgIpc) is 2.73. The Morgan fingerprint density at radius 1 is 1.00 bits per heavy atom. The van der Waals surface area contributed by atoms with Gasteiger partial charge < -0.3 is 0 Å². The minimum atomic E-state index is 0.0459. The molecule has 1 heteroatoms. The van der Waals surface area contributed by atoms with Crippen LogP contribution >= 0.6 is 12.6 Å². The van der Waals surface area contributed by atoms with Crippen LogP contribution in [0.4, 0.5) is 0 Å². The van der Waals surface area contributed by atoms with E-state index in [1.165, 1.54) is 22.3 Å². The van der Waals surface area contributed by atoms with E-state index in [1.807, 2.05) is 47.6 Å². The molecule has 28 heavy (non-hydrogen) atoms. The molecule has 0 saturated carbocycles. The van der Waals surface area contributed by atoms with Crippen molar-refractivity contribution in [1.82, 2.24) is 0 Å². The standard InChI is InChI=1S/C19H32S.3C2H6.C2H4/c1-9-12-18(14(4)10-2)16(6)15(5)17(11-3)13-19(7,8)20;4*1-2/h9-10,12,16,20H,1,11,13H2,2-8H3;3*1-2H3;1-2H2/b14-10-,17-15-,18-12+;;;;. The van der Waals surface area contributed by atoms with E-state index in [0.717, 1.165) is 12.8 Å². The Labute approximate surface area is 186 Å². The van der Waals surface area contributed by atoms with Crippen molar-refractivity contribution >= 4 is 12.6 Å². The lowest BCUT2D eigenvalue weighted by molar-refractivity contribution is 0.667. The number of rotatable bonds is 7. The molecule has 0 aliphatic carbocycles. The van der Waals surface area contributed by atoms with Crippen LogP contribution < -0.4 is 0 Å². The van der Waals surface area contributed by atoms with Crippen molar-refractivity contribution in [1.29, 1.82) is 0 Å². The molecule has 0 heterocycles. The molecule has 0 saturated heterocycles. The van der Waals surface area contributed by atoms with Gasteiger partial charge in [-0.3, -0.25) is 0 Å². The van der Waals surface area contributed by atoms with Gasteiger partial charge in [-0.05, 0) is 39.2 Å². The summed E-state index contributed by atoms with van der Waals surface area (Å²) in [6.07, 6.45) is 8.34. The topological polar surface area (TPSA) is 0 Å². The molecule has 1 unspecified atom stereocenters. The molecule has 168 valence electrons. The van der Waals surface area contributed by atoms with Gasteiger partial charge in [-0.15, -0.1) is 13.2 Å². The van der Waals surface area contributed by atoms with Crippen molar-refractivity contribution in [3.8, 4) is 0 Å². The highest BCUT2D eigenvalue weighted by Crippen LogP contribution is 2.33. The highest BCUT2D eigenvalue weighted by molar-refractivity contribution is 7.81. The maximum Gasteiger partial charge on any atom is 0.0110 e. The molecule has 0 aliphatic heterocycles. The van der Waals surface area contributed by atoms with Crippen molar-refractivity contribution in [2.24, 2.45) is 5.92 Å². The lowest BCUT2D eigenvalue weighted by atomic mass is 9.83. The zero-order valence-electron chi connectivity index (χ0n) is 21.8. The third-order valence-corrected chi connectivity index (χ3v) is 4.09. The minimum Gasteiger partial charge on any atom is -0.173 e. The molecule has 0 aromatic carbocycles. The summed E-state index contributed by atoms with van der Waals surface area (Å²) >= 11 is 4.69. The van der Waals surface area contributed by atoms with E-state index in [1.54, 1.807) is 0 Å². The Kier molecular flexibility index (Phi) is 35.1. The molecular formula is C27H54S. The first-order chi connectivity index (χ1) is 13.2. The van der Waals surface area contributed by atoms with Gasteiger partial charge in [0.25, 0.3) is 0 Å². The predicted octanol–water partition coefficient (Wildman–Crippen LogP) is 10.4. The zero-order chi connectivity index (χ0) is 23.9. The van der Waals surface area contributed by atoms with E-state index in [2.05, 4.69) is 93.0 Å². The van der Waals surface area contributed by atoms with Gasteiger partial charge >= 0.3 is 0 Å². The van der Waals surface area contributed by atoms with Crippen LogP contribution in [0.25, 0.3) is 0 Å². The fraction of sp³-hybridized carbons (Fsp3) is 0.630. The monoisotopic (exact) mass is 410 g/mol. The lowest BCUT2D eigenvalue weighted by Crippen LogP contribution is -2.14. The number of hydrogen-bond donors (Lipinski definition) is 1. The molecular weight excluding hydrogens is 356 g/mol. The van der Waals surface area contributed by atoms with Gasteiger partial charge in [-0.1, -0.05) is 111 Å².